The van der Waals surface area contributed by atoms with Crippen LogP contribution in [0.4, 0.5) is 11.5 Å². The van der Waals surface area contributed by atoms with Gasteiger partial charge in [0.1, 0.15) is 5.82 Å². The van der Waals surface area contributed by atoms with Gasteiger partial charge in [0.25, 0.3) is 0 Å². The highest BCUT2D eigenvalue weighted by atomic mass is 15.2. The van der Waals surface area contributed by atoms with Crippen molar-refractivity contribution < 1.29 is 0 Å². The van der Waals surface area contributed by atoms with Gasteiger partial charge >= 0.3 is 0 Å². The zero-order valence-corrected chi connectivity index (χ0v) is 11.9. The van der Waals surface area contributed by atoms with E-state index < -0.39 is 0 Å². The van der Waals surface area contributed by atoms with E-state index in [0.29, 0.717) is 0 Å². The lowest BCUT2D eigenvalue weighted by atomic mass is 10.1. The smallest absolute Gasteiger partial charge is 0.129 e. The number of aromatic nitrogens is 1. The first-order valence-electron chi connectivity index (χ1n) is 6.74. The van der Waals surface area contributed by atoms with Crippen LogP contribution in [0.3, 0.4) is 0 Å². The molecule has 100 valence electrons. The van der Waals surface area contributed by atoms with Gasteiger partial charge in [-0.15, -0.1) is 0 Å². The summed E-state index contributed by atoms with van der Waals surface area (Å²) in [5.41, 5.74) is 9.97. The molecule has 0 saturated carbocycles. The number of anilines is 2. The predicted molar refractivity (Wildman–Crippen MR) is 82.4 cm³/mol. The van der Waals surface area contributed by atoms with Crippen LogP contribution >= 0.6 is 0 Å². The molecule has 3 nitrogen and oxygen atoms in total. The second kappa shape index (κ2) is 5.74. The van der Waals surface area contributed by atoms with Crippen LogP contribution in [0.2, 0.25) is 0 Å². The fraction of sp³-hybridized carbons (Fsp3) is 0.312. The van der Waals surface area contributed by atoms with Crippen molar-refractivity contribution >= 4 is 11.5 Å². The van der Waals surface area contributed by atoms with Crippen molar-refractivity contribution in [2.75, 3.05) is 23.7 Å². The van der Waals surface area contributed by atoms with Gasteiger partial charge in [-0.2, -0.15) is 0 Å². The first-order chi connectivity index (χ1) is 9.15. The van der Waals surface area contributed by atoms with Crippen molar-refractivity contribution in [2.24, 2.45) is 0 Å². The van der Waals surface area contributed by atoms with Crippen molar-refractivity contribution in [2.45, 2.75) is 20.8 Å². The number of benzene rings is 1. The van der Waals surface area contributed by atoms with E-state index in [0.717, 1.165) is 35.9 Å². The first-order valence-corrected chi connectivity index (χ1v) is 6.74. The van der Waals surface area contributed by atoms with Crippen molar-refractivity contribution in [3.63, 3.8) is 0 Å². The van der Waals surface area contributed by atoms with E-state index in [9.17, 15) is 0 Å². The van der Waals surface area contributed by atoms with Crippen LogP contribution in [0, 0.1) is 6.92 Å². The Labute approximate surface area is 115 Å². The molecule has 0 spiro atoms. The minimum atomic E-state index is 0.773. The molecule has 0 amide bonds. The lowest BCUT2D eigenvalue weighted by molar-refractivity contribution is 0.847. The maximum atomic E-state index is 6.06. The van der Waals surface area contributed by atoms with Crippen LogP contribution in [-0.4, -0.2) is 18.1 Å². The molecule has 0 radical (unpaired) electrons. The maximum absolute atomic E-state index is 6.06. The topological polar surface area (TPSA) is 42.1 Å². The minimum Gasteiger partial charge on any atom is -0.398 e. The van der Waals surface area contributed by atoms with Gasteiger partial charge < -0.3 is 10.6 Å². The molecule has 0 unspecified atom stereocenters. The summed E-state index contributed by atoms with van der Waals surface area (Å²) in [6.07, 6.45) is 0. The Morgan fingerprint density at radius 1 is 1.11 bits per heavy atom. The molecular formula is C16H21N3. The van der Waals surface area contributed by atoms with Gasteiger partial charge in [-0.05, 0) is 45.0 Å². The highest BCUT2D eigenvalue weighted by Crippen LogP contribution is 2.26. The van der Waals surface area contributed by atoms with Crippen LogP contribution in [0.25, 0.3) is 11.3 Å². The molecule has 2 N–H and O–H groups in total. The van der Waals surface area contributed by atoms with E-state index in [-0.39, 0.29) is 0 Å². The Balaban J connectivity index is 2.45. The van der Waals surface area contributed by atoms with Gasteiger partial charge in [0.05, 0.1) is 5.69 Å². The summed E-state index contributed by atoms with van der Waals surface area (Å²) in [5.74, 6) is 1.00. The lowest BCUT2D eigenvalue weighted by Crippen LogP contribution is -2.22. The molecule has 0 saturated heterocycles. The zero-order valence-electron chi connectivity index (χ0n) is 11.9. The predicted octanol–water partition coefficient (Wildman–Crippen LogP) is 3.49. The average molecular weight is 255 g/mol. The first kappa shape index (κ1) is 13.4. The lowest BCUT2D eigenvalue weighted by Gasteiger charge is -2.20. The average Bonchev–Trinajstić information content (AvgIpc) is 2.43. The van der Waals surface area contributed by atoms with Crippen LogP contribution in [-0.2, 0) is 0 Å². The van der Waals surface area contributed by atoms with Crippen molar-refractivity contribution in [3.8, 4) is 11.3 Å². The molecule has 2 rings (SSSR count). The number of rotatable bonds is 4. The molecular weight excluding hydrogens is 234 g/mol. The van der Waals surface area contributed by atoms with E-state index in [1.807, 2.05) is 30.3 Å². The molecule has 0 aliphatic rings. The van der Waals surface area contributed by atoms with E-state index in [1.165, 1.54) is 5.56 Å². The summed E-state index contributed by atoms with van der Waals surface area (Å²) in [7, 11) is 0. The second-order valence-electron chi connectivity index (χ2n) is 4.64. The highest BCUT2D eigenvalue weighted by molar-refractivity contribution is 5.75. The van der Waals surface area contributed by atoms with Gasteiger partial charge in [-0.1, -0.05) is 17.7 Å². The van der Waals surface area contributed by atoms with Gasteiger partial charge in [0.15, 0.2) is 0 Å². The molecule has 2 aromatic rings. The Morgan fingerprint density at radius 2 is 1.84 bits per heavy atom. The van der Waals surface area contributed by atoms with Crippen LogP contribution in [0.15, 0.2) is 36.4 Å². The molecule has 1 heterocycles. The van der Waals surface area contributed by atoms with Crippen molar-refractivity contribution in [1.29, 1.82) is 0 Å². The summed E-state index contributed by atoms with van der Waals surface area (Å²) in [6, 6.07) is 12.1. The number of hydrogen-bond acceptors (Lipinski definition) is 3. The quantitative estimate of drug-likeness (QED) is 0.850. The van der Waals surface area contributed by atoms with Gasteiger partial charge in [0.2, 0.25) is 0 Å². The van der Waals surface area contributed by atoms with Gasteiger partial charge in [0, 0.05) is 24.3 Å². The normalized spacial score (nSPS) is 10.5. The Morgan fingerprint density at radius 3 is 2.53 bits per heavy atom. The molecule has 19 heavy (non-hydrogen) atoms. The third-order valence-corrected chi connectivity index (χ3v) is 3.31. The minimum absolute atomic E-state index is 0.773. The molecule has 3 heteroatoms. The fourth-order valence-corrected chi connectivity index (χ4v) is 2.19. The summed E-state index contributed by atoms with van der Waals surface area (Å²) >= 11 is 0. The monoisotopic (exact) mass is 255 g/mol. The van der Waals surface area contributed by atoms with Gasteiger partial charge in [-0.3, -0.25) is 0 Å². The number of nitrogens with two attached hydrogens (primary N) is 1. The van der Waals surface area contributed by atoms with Crippen LogP contribution in [0.1, 0.15) is 19.4 Å². The van der Waals surface area contributed by atoms with Crippen LogP contribution < -0.4 is 10.6 Å². The molecule has 1 aromatic heterocycles. The SMILES string of the molecule is CCN(CC)c1cccc(-c2cc(C)ccc2N)n1. The molecule has 0 bridgehead atoms. The van der Waals surface area contributed by atoms with E-state index in [2.05, 4.69) is 31.7 Å². The molecule has 0 aliphatic heterocycles. The maximum Gasteiger partial charge on any atom is 0.129 e. The summed E-state index contributed by atoms with van der Waals surface area (Å²) < 4.78 is 0. The van der Waals surface area contributed by atoms with Crippen molar-refractivity contribution in [1.82, 2.24) is 4.98 Å². The summed E-state index contributed by atoms with van der Waals surface area (Å²) in [6.45, 7) is 8.25. The largest absolute Gasteiger partial charge is 0.398 e. The number of hydrogen-bond donors (Lipinski definition) is 1. The highest BCUT2D eigenvalue weighted by Gasteiger charge is 2.08. The Hall–Kier alpha value is -2.03. The third-order valence-electron chi connectivity index (χ3n) is 3.31. The number of aryl methyl sites for hydroxylation is 1. The zero-order chi connectivity index (χ0) is 13.8. The molecule has 0 fully saturated rings. The van der Waals surface area contributed by atoms with E-state index >= 15 is 0 Å². The summed E-state index contributed by atoms with van der Waals surface area (Å²) in [5, 5.41) is 0. The van der Waals surface area contributed by atoms with Crippen molar-refractivity contribution in [3.05, 3.63) is 42.0 Å². The van der Waals surface area contributed by atoms with Crippen LogP contribution in [0.5, 0.6) is 0 Å². The molecule has 1 aromatic carbocycles. The standard InChI is InChI=1S/C16H21N3/c1-4-19(5-2)16-8-6-7-15(18-16)13-11-12(3)9-10-14(13)17/h6-11H,4-5,17H2,1-3H3. The second-order valence-corrected chi connectivity index (χ2v) is 4.64. The third kappa shape index (κ3) is 2.87. The Kier molecular flexibility index (Phi) is 4.05. The Bertz CT molecular complexity index is 560. The van der Waals surface area contributed by atoms with E-state index in [4.69, 9.17) is 10.7 Å². The number of nitrogens with zero attached hydrogens (tertiary/aromatic N) is 2. The molecule has 0 aliphatic carbocycles. The fourth-order valence-electron chi connectivity index (χ4n) is 2.19. The number of pyridine rings is 1. The summed E-state index contributed by atoms with van der Waals surface area (Å²) in [4.78, 5) is 6.96. The molecule has 0 atom stereocenters. The number of nitrogen functional groups attached to an aromatic ring is 1. The van der Waals surface area contributed by atoms with E-state index in [1.54, 1.807) is 0 Å². The van der Waals surface area contributed by atoms with Gasteiger partial charge in [-0.25, -0.2) is 4.98 Å².